The molecule has 2 aliphatic carbocycles. The van der Waals surface area contributed by atoms with Crippen molar-refractivity contribution in [2.24, 2.45) is 11.8 Å². The van der Waals surface area contributed by atoms with Crippen LogP contribution in [0.3, 0.4) is 0 Å². The SMILES string of the molecule is CC(C)C1CCCCC1NS(=O)(=O)CCNC1CC1. The van der Waals surface area contributed by atoms with Crippen LogP contribution in [-0.4, -0.2) is 32.8 Å². The van der Waals surface area contributed by atoms with Crippen LogP contribution in [0.4, 0.5) is 0 Å². The largest absolute Gasteiger partial charge is 0.313 e. The van der Waals surface area contributed by atoms with Crippen LogP contribution in [0.2, 0.25) is 0 Å². The summed E-state index contributed by atoms with van der Waals surface area (Å²) in [5.41, 5.74) is 0. The summed E-state index contributed by atoms with van der Waals surface area (Å²) in [6.07, 6.45) is 6.95. The molecule has 0 aromatic rings. The lowest BCUT2D eigenvalue weighted by Crippen LogP contribution is -2.45. The van der Waals surface area contributed by atoms with Gasteiger partial charge in [0, 0.05) is 18.6 Å². The van der Waals surface area contributed by atoms with E-state index in [4.69, 9.17) is 0 Å². The zero-order valence-electron chi connectivity index (χ0n) is 12.2. The van der Waals surface area contributed by atoms with E-state index in [9.17, 15) is 8.42 Å². The predicted molar refractivity (Wildman–Crippen MR) is 78.5 cm³/mol. The van der Waals surface area contributed by atoms with E-state index in [-0.39, 0.29) is 11.8 Å². The average Bonchev–Trinajstić information content (AvgIpc) is 3.12. The van der Waals surface area contributed by atoms with Crippen molar-refractivity contribution >= 4 is 10.0 Å². The van der Waals surface area contributed by atoms with Crippen molar-refractivity contribution in [3.05, 3.63) is 0 Å². The molecule has 2 fully saturated rings. The van der Waals surface area contributed by atoms with Gasteiger partial charge in [0.25, 0.3) is 0 Å². The van der Waals surface area contributed by atoms with Gasteiger partial charge in [0.05, 0.1) is 5.75 Å². The minimum absolute atomic E-state index is 0.152. The third-order valence-electron chi connectivity index (χ3n) is 4.39. The number of hydrogen-bond donors (Lipinski definition) is 2. The van der Waals surface area contributed by atoms with E-state index in [2.05, 4.69) is 23.9 Å². The maximum Gasteiger partial charge on any atom is 0.213 e. The predicted octanol–water partition coefficient (Wildman–Crippen LogP) is 1.87. The molecule has 0 aromatic heterocycles. The first-order valence-corrected chi connectivity index (χ1v) is 9.36. The van der Waals surface area contributed by atoms with Crippen LogP contribution in [0.5, 0.6) is 0 Å². The summed E-state index contributed by atoms with van der Waals surface area (Å²) in [5, 5.41) is 3.26. The van der Waals surface area contributed by atoms with Crippen LogP contribution in [0.15, 0.2) is 0 Å². The maximum absolute atomic E-state index is 12.1. The molecule has 2 N–H and O–H groups in total. The maximum atomic E-state index is 12.1. The Morgan fingerprint density at radius 3 is 2.42 bits per heavy atom. The lowest BCUT2D eigenvalue weighted by Gasteiger charge is -2.34. The van der Waals surface area contributed by atoms with Crippen LogP contribution in [-0.2, 0) is 10.0 Å². The first-order chi connectivity index (χ1) is 8.98. The Labute approximate surface area is 117 Å². The molecule has 4 nitrogen and oxygen atoms in total. The molecule has 2 rings (SSSR count). The molecule has 112 valence electrons. The minimum Gasteiger partial charge on any atom is -0.313 e. The van der Waals surface area contributed by atoms with Crippen molar-refractivity contribution in [3.63, 3.8) is 0 Å². The van der Waals surface area contributed by atoms with Crippen molar-refractivity contribution in [1.29, 1.82) is 0 Å². The van der Waals surface area contributed by atoms with Gasteiger partial charge >= 0.3 is 0 Å². The second-order valence-corrected chi connectivity index (χ2v) is 8.34. The first-order valence-electron chi connectivity index (χ1n) is 7.71. The molecule has 0 radical (unpaired) electrons. The molecule has 0 spiro atoms. The Morgan fingerprint density at radius 1 is 1.11 bits per heavy atom. The fourth-order valence-corrected chi connectivity index (χ4v) is 4.34. The van der Waals surface area contributed by atoms with E-state index in [0.29, 0.717) is 24.4 Å². The van der Waals surface area contributed by atoms with E-state index in [0.717, 1.165) is 19.3 Å². The quantitative estimate of drug-likeness (QED) is 0.752. The molecular weight excluding hydrogens is 260 g/mol. The van der Waals surface area contributed by atoms with Crippen molar-refractivity contribution in [2.75, 3.05) is 12.3 Å². The molecule has 0 aliphatic heterocycles. The minimum atomic E-state index is -3.13. The van der Waals surface area contributed by atoms with Crippen molar-refractivity contribution in [2.45, 2.75) is 64.5 Å². The highest BCUT2D eigenvalue weighted by Crippen LogP contribution is 2.30. The zero-order chi connectivity index (χ0) is 13.9. The van der Waals surface area contributed by atoms with E-state index < -0.39 is 10.0 Å². The summed E-state index contributed by atoms with van der Waals surface area (Å²) >= 11 is 0. The number of nitrogens with one attached hydrogen (secondary N) is 2. The van der Waals surface area contributed by atoms with Crippen LogP contribution >= 0.6 is 0 Å². The van der Waals surface area contributed by atoms with Gasteiger partial charge < -0.3 is 5.32 Å². The average molecular weight is 288 g/mol. The highest BCUT2D eigenvalue weighted by atomic mass is 32.2. The second kappa shape index (κ2) is 6.55. The second-order valence-electron chi connectivity index (χ2n) is 6.46. The number of rotatable bonds is 7. The summed E-state index contributed by atoms with van der Waals surface area (Å²) < 4.78 is 27.2. The van der Waals surface area contributed by atoms with Gasteiger partial charge in [-0.1, -0.05) is 26.7 Å². The van der Waals surface area contributed by atoms with Crippen LogP contribution in [0.25, 0.3) is 0 Å². The molecule has 2 aliphatic rings. The molecule has 2 atom stereocenters. The molecule has 0 saturated heterocycles. The van der Waals surface area contributed by atoms with E-state index in [1.807, 2.05) is 0 Å². The fraction of sp³-hybridized carbons (Fsp3) is 1.00. The van der Waals surface area contributed by atoms with E-state index in [1.54, 1.807) is 0 Å². The summed E-state index contributed by atoms with van der Waals surface area (Å²) in [6, 6.07) is 0.730. The topological polar surface area (TPSA) is 58.2 Å². The van der Waals surface area contributed by atoms with Gasteiger partial charge in [-0.3, -0.25) is 0 Å². The standard InChI is InChI=1S/C14H28N2O2S/c1-11(2)13-5-3-4-6-14(13)16-19(17,18)10-9-15-12-7-8-12/h11-16H,3-10H2,1-2H3. The molecule has 2 saturated carbocycles. The molecule has 2 unspecified atom stereocenters. The highest BCUT2D eigenvalue weighted by molar-refractivity contribution is 7.89. The summed E-state index contributed by atoms with van der Waals surface area (Å²) in [6.45, 7) is 4.98. The van der Waals surface area contributed by atoms with Crippen LogP contribution in [0.1, 0.15) is 52.4 Å². The highest BCUT2D eigenvalue weighted by Gasteiger charge is 2.30. The summed E-state index contributed by atoms with van der Waals surface area (Å²) in [4.78, 5) is 0. The van der Waals surface area contributed by atoms with E-state index >= 15 is 0 Å². The molecule has 0 heterocycles. The summed E-state index contributed by atoms with van der Waals surface area (Å²) in [5.74, 6) is 1.27. The third-order valence-corrected chi connectivity index (χ3v) is 5.79. The third kappa shape index (κ3) is 5.04. The van der Waals surface area contributed by atoms with Crippen LogP contribution in [0, 0.1) is 11.8 Å². The molecule has 0 aromatic carbocycles. The molecule has 0 amide bonds. The van der Waals surface area contributed by atoms with Gasteiger partial charge in [-0.25, -0.2) is 13.1 Å². The Bertz CT molecular complexity index is 377. The number of sulfonamides is 1. The van der Waals surface area contributed by atoms with Gasteiger partial charge in [-0.05, 0) is 37.5 Å². The summed E-state index contributed by atoms with van der Waals surface area (Å²) in [7, 11) is -3.13. The molecular formula is C14H28N2O2S. The normalized spacial score (nSPS) is 28.8. The Hall–Kier alpha value is -0.130. The smallest absolute Gasteiger partial charge is 0.213 e. The van der Waals surface area contributed by atoms with Gasteiger partial charge in [0.1, 0.15) is 0 Å². The zero-order valence-corrected chi connectivity index (χ0v) is 13.0. The lowest BCUT2D eigenvalue weighted by atomic mass is 9.78. The molecule has 5 heteroatoms. The van der Waals surface area contributed by atoms with Crippen molar-refractivity contribution in [1.82, 2.24) is 10.0 Å². The first kappa shape index (κ1) is 15.3. The van der Waals surface area contributed by atoms with Crippen molar-refractivity contribution in [3.8, 4) is 0 Å². The van der Waals surface area contributed by atoms with Gasteiger partial charge in [0.2, 0.25) is 10.0 Å². The fourth-order valence-electron chi connectivity index (χ4n) is 3.08. The van der Waals surface area contributed by atoms with E-state index in [1.165, 1.54) is 19.3 Å². The Kier molecular flexibility index (Phi) is 5.26. The van der Waals surface area contributed by atoms with Crippen LogP contribution < -0.4 is 10.0 Å². The van der Waals surface area contributed by atoms with Crippen molar-refractivity contribution < 1.29 is 8.42 Å². The van der Waals surface area contributed by atoms with Gasteiger partial charge in [-0.15, -0.1) is 0 Å². The Balaban J connectivity index is 1.81. The van der Waals surface area contributed by atoms with Gasteiger partial charge in [-0.2, -0.15) is 0 Å². The lowest BCUT2D eigenvalue weighted by molar-refractivity contribution is 0.226. The molecule has 0 bridgehead atoms. The monoisotopic (exact) mass is 288 g/mol. The van der Waals surface area contributed by atoms with Gasteiger partial charge in [0.15, 0.2) is 0 Å². The number of hydrogen-bond acceptors (Lipinski definition) is 3. The molecule has 19 heavy (non-hydrogen) atoms. The Morgan fingerprint density at radius 2 is 1.79 bits per heavy atom.